The molecule has 0 heterocycles. The third-order valence-corrected chi connectivity index (χ3v) is 4.31. The Balaban J connectivity index is 2.65. The van der Waals surface area contributed by atoms with Gasteiger partial charge in [0, 0.05) is 16.3 Å². The minimum atomic E-state index is -3.19. The first-order chi connectivity index (χ1) is 6.83. The summed E-state index contributed by atoms with van der Waals surface area (Å²) in [5, 5.41) is 0. The summed E-state index contributed by atoms with van der Waals surface area (Å²) in [6.45, 7) is 0. The summed E-state index contributed by atoms with van der Waals surface area (Å²) in [6, 6.07) is 5.15. The van der Waals surface area contributed by atoms with Crippen LogP contribution in [0.2, 0.25) is 0 Å². The molecule has 82 valence electrons. The lowest BCUT2D eigenvalue weighted by Crippen LogP contribution is -2.22. The van der Waals surface area contributed by atoms with E-state index in [0.29, 0.717) is 4.90 Å². The van der Waals surface area contributed by atoms with Crippen LogP contribution in [-0.4, -0.2) is 14.7 Å². The van der Waals surface area contributed by atoms with Gasteiger partial charge in [-0.3, -0.25) is 0 Å². The number of hydrogen-bond donors (Lipinski definition) is 1. The molecule has 0 aliphatic heterocycles. The average molecular weight is 290 g/mol. The molecule has 0 radical (unpaired) electrons. The third kappa shape index (κ3) is 2.09. The molecule has 1 fully saturated rings. The largest absolute Gasteiger partial charge is 0.321 e. The molecule has 1 aliphatic carbocycles. The van der Waals surface area contributed by atoms with Crippen molar-refractivity contribution in [3.05, 3.63) is 28.2 Å². The molecule has 0 atom stereocenters. The van der Waals surface area contributed by atoms with Crippen molar-refractivity contribution < 1.29 is 8.42 Å². The summed E-state index contributed by atoms with van der Waals surface area (Å²) in [6.07, 6.45) is 2.92. The Hall–Kier alpha value is -0.390. The summed E-state index contributed by atoms with van der Waals surface area (Å²) in [7, 11) is -3.19. The van der Waals surface area contributed by atoms with Crippen LogP contribution < -0.4 is 5.73 Å². The number of nitrogens with two attached hydrogens (primary N) is 1. The Morgan fingerprint density at radius 3 is 2.47 bits per heavy atom. The van der Waals surface area contributed by atoms with E-state index in [-0.39, 0.29) is 0 Å². The Morgan fingerprint density at radius 2 is 2.00 bits per heavy atom. The highest BCUT2D eigenvalue weighted by Crippen LogP contribution is 2.45. The van der Waals surface area contributed by atoms with Crippen LogP contribution >= 0.6 is 15.9 Å². The van der Waals surface area contributed by atoms with Crippen molar-refractivity contribution in [3.63, 3.8) is 0 Å². The first-order valence-corrected chi connectivity index (χ1v) is 7.30. The highest BCUT2D eigenvalue weighted by molar-refractivity contribution is 9.10. The maximum atomic E-state index is 11.6. The highest BCUT2D eigenvalue weighted by Gasteiger charge is 2.42. The molecule has 5 heteroatoms. The number of halogens is 1. The van der Waals surface area contributed by atoms with E-state index >= 15 is 0 Å². The monoisotopic (exact) mass is 289 g/mol. The molecule has 1 saturated carbocycles. The van der Waals surface area contributed by atoms with Gasteiger partial charge in [0.1, 0.15) is 0 Å². The maximum absolute atomic E-state index is 11.6. The fraction of sp³-hybridized carbons (Fsp3) is 0.400. The first-order valence-electron chi connectivity index (χ1n) is 4.62. The molecular weight excluding hydrogens is 278 g/mol. The van der Waals surface area contributed by atoms with Crippen LogP contribution in [0.3, 0.4) is 0 Å². The average Bonchev–Trinajstić information content (AvgIpc) is 2.83. The van der Waals surface area contributed by atoms with Crippen molar-refractivity contribution in [2.45, 2.75) is 23.3 Å². The molecular formula is C10H12BrNO2S. The van der Waals surface area contributed by atoms with Crippen molar-refractivity contribution in [2.24, 2.45) is 5.73 Å². The zero-order chi connectivity index (χ0) is 11.3. The summed E-state index contributed by atoms with van der Waals surface area (Å²) in [4.78, 5) is 0.353. The van der Waals surface area contributed by atoms with E-state index in [2.05, 4.69) is 15.9 Å². The normalized spacial score (nSPS) is 18.9. The number of rotatable bonds is 2. The number of sulfone groups is 1. The molecule has 0 spiro atoms. The van der Waals surface area contributed by atoms with Crippen LogP contribution in [0.5, 0.6) is 0 Å². The molecule has 2 N–H and O–H groups in total. The molecule has 3 nitrogen and oxygen atoms in total. The molecule has 2 rings (SSSR count). The van der Waals surface area contributed by atoms with Crippen molar-refractivity contribution >= 4 is 25.8 Å². The lowest BCUT2D eigenvalue weighted by molar-refractivity contribution is 0.597. The van der Waals surface area contributed by atoms with Crippen molar-refractivity contribution in [1.29, 1.82) is 0 Å². The van der Waals surface area contributed by atoms with E-state index in [9.17, 15) is 8.42 Å². The Labute approximate surface area is 97.7 Å². The summed E-state index contributed by atoms with van der Waals surface area (Å²) >= 11 is 3.33. The number of hydrogen-bond acceptors (Lipinski definition) is 3. The fourth-order valence-corrected chi connectivity index (χ4v) is 2.96. The van der Waals surface area contributed by atoms with Gasteiger partial charge < -0.3 is 5.73 Å². The second kappa shape index (κ2) is 3.30. The van der Waals surface area contributed by atoms with Gasteiger partial charge in [0.15, 0.2) is 9.84 Å². The van der Waals surface area contributed by atoms with Crippen molar-refractivity contribution in [3.8, 4) is 0 Å². The van der Waals surface area contributed by atoms with Crippen LogP contribution in [0.1, 0.15) is 18.4 Å². The van der Waals surface area contributed by atoms with Gasteiger partial charge in [0.2, 0.25) is 0 Å². The van der Waals surface area contributed by atoms with Gasteiger partial charge in [-0.2, -0.15) is 0 Å². The van der Waals surface area contributed by atoms with Crippen molar-refractivity contribution in [1.82, 2.24) is 0 Å². The number of benzene rings is 1. The third-order valence-electron chi connectivity index (χ3n) is 2.67. The first kappa shape index (κ1) is 11.1. The highest BCUT2D eigenvalue weighted by atomic mass is 79.9. The lowest BCUT2D eigenvalue weighted by Gasteiger charge is -2.14. The smallest absolute Gasteiger partial charge is 0.175 e. The fourth-order valence-electron chi connectivity index (χ4n) is 1.62. The van der Waals surface area contributed by atoms with E-state index in [4.69, 9.17) is 5.73 Å². The predicted octanol–water partition coefficient (Wildman–Crippen LogP) is 1.80. The minimum absolute atomic E-state index is 0.353. The molecule has 0 aromatic heterocycles. The molecule has 15 heavy (non-hydrogen) atoms. The Morgan fingerprint density at radius 1 is 1.40 bits per heavy atom. The van der Waals surface area contributed by atoms with Crippen LogP contribution in [0.4, 0.5) is 0 Å². The lowest BCUT2D eigenvalue weighted by atomic mass is 10.1. The second-order valence-corrected chi connectivity index (χ2v) is 6.97. The van der Waals surface area contributed by atoms with Gasteiger partial charge >= 0.3 is 0 Å². The van der Waals surface area contributed by atoms with Gasteiger partial charge in [0.25, 0.3) is 0 Å². The van der Waals surface area contributed by atoms with Crippen LogP contribution in [0.25, 0.3) is 0 Å². The van der Waals surface area contributed by atoms with E-state index in [1.807, 2.05) is 6.07 Å². The van der Waals surface area contributed by atoms with Crippen LogP contribution in [0, 0.1) is 0 Å². The zero-order valence-corrected chi connectivity index (χ0v) is 10.7. The topological polar surface area (TPSA) is 60.2 Å². The Kier molecular flexibility index (Phi) is 2.44. The van der Waals surface area contributed by atoms with Gasteiger partial charge in [-0.25, -0.2) is 8.42 Å². The SMILES string of the molecule is CS(=O)(=O)c1ccc(Br)cc1C1(N)CC1. The van der Waals surface area contributed by atoms with Gasteiger partial charge in [-0.15, -0.1) is 0 Å². The summed E-state index contributed by atoms with van der Waals surface area (Å²) < 4.78 is 24.0. The molecule has 1 aliphatic rings. The summed E-state index contributed by atoms with van der Waals surface area (Å²) in [5.74, 6) is 0. The van der Waals surface area contributed by atoms with Crippen LogP contribution in [0.15, 0.2) is 27.6 Å². The predicted molar refractivity (Wildman–Crippen MR) is 62.4 cm³/mol. The Bertz CT molecular complexity index is 506. The minimum Gasteiger partial charge on any atom is -0.321 e. The van der Waals surface area contributed by atoms with Gasteiger partial charge in [-0.05, 0) is 36.6 Å². The second-order valence-electron chi connectivity index (χ2n) is 4.07. The zero-order valence-electron chi connectivity index (χ0n) is 8.33. The van der Waals surface area contributed by atoms with E-state index < -0.39 is 15.4 Å². The van der Waals surface area contributed by atoms with E-state index in [0.717, 1.165) is 22.9 Å². The van der Waals surface area contributed by atoms with Gasteiger partial charge in [-0.1, -0.05) is 15.9 Å². The molecule has 0 amide bonds. The van der Waals surface area contributed by atoms with E-state index in [1.54, 1.807) is 12.1 Å². The molecule has 0 bridgehead atoms. The standard InChI is InChI=1S/C10H12BrNO2S/c1-15(13,14)9-3-2-7(11)6-8(9)10(12)4-5-10/h2-3,6H,4-5,12H2,1H3. The molecule has 1 aromatic rings. The summed E-state index contributed by atoms with van der Waals surface area (Å²) in [5.41, 5.74) is 6.36. The molecule has 1 aromatic carbocycles. The quantitative estimate of drug-likeness (QED) is 0.903. The van der Waals surface area contributed by atoms with E-state index in [1.165, 1.54) is 6.26 Å². The van der Waals surface area contributed by atoms with Crippen molar-refractivity contribution in [2.75, 3.05) is 6.26 Å². The van der Waals surface area contributed by atoms with Crippen LogP contribution in [-0.2, 0) is 15.4 Å². The maximum Gasteiger partial charge on any atom is 0.175 e. The molecule has 0 unspecified atom stereocenters. The molecule has 0 saturated heterocycles. The van der Waals surface area contributed by atoms with Gasteiger partial charge in [0.05, 0.1) is 4.90 Å².